The second-order valence-corrected chi connectivity index (χ2v) is 7.66. The molecule has 3 aromatic carbocycles. The highest BCUT2D eigenvalue weighted by Crippen LogP contribution is 2.36. The van der Waals surface area contributed by atoms with E-state index in [2.05, 4.69) is 27.6 Å². The summed E-state index contributed by atoms with van der Waals surface area (Å²) in [7, 11) is 1.61. The Morgan fingerprint density at radius 3 is 2.00 bits per heavy atom. The van der Waals surface area contributed by atoms with E-state index in [9.17, 15) is 4.79 Å². The van der Waals surface area contributed by atoms with Crippen LogP contribution in [-0.2, 0) is 0 Å². The van der Waals surface area contributed by atoms with Gasteiger partial charge in [0.05, 0.1) is 18.4 Å². The van der Waals surface area contributed by atoms with Crippen molar-refractivity contribution in [1.29, 1.82) is 0 Å². The number of pyridine rings is 1. The molecule has 0 radical (unpaired) electrons. The van der Waals surface area contributed by atoms with Crippen molar-refractivity contribution in [2.75, 3.05) is 7.11 Å². The molecule has 0 amide bonds. The number of ether oxygens (including phenoxy) is 1. The van der Waals surface area contributed by atoms with Crippen LogP contribution in [0, 0.1) is 3.57 Å². The van der Waals surface area contributed by atoms with Gasteiger partial charge >= 0.3 is 0 Å². The van der Waals surface area contributed by atoms with Gasteiger partial charge in [-0.2, -0.15) is 0 Å². The van der Waals surface area contributed by atoms with Crippen LogP contribution < -0.4 is 4.74 Å². The Balaban J connectivity index is 1.98. The average Bonchev–Trinajstić information content (AvgIpc) is 2.79. The maximum atomic E-state index is 13.7. The fourth-order valence-corrected chi connectivity index (χ4v) is 4.02. The van der Waals surface area contributed by atoms with Gasteiger partial charge in [0.25, 0.3) is 0 Å². The molecular formula is C25H18INO2. The number of hydrogen-bond acceptors (Lipinski definition) is 3. The molecule has 0 aliphatic heterocycles. The number of benzene rings is 3. The van der Waals surface area contributed by atoms with Crippen LogP contribution in [0.2, 0.25) is 0 Å². The van der Waals surface area contributed by atoms with Gasteiger partial charge in [0.1, 0.15) is 5.75 Å². The molecule has 0 fully saturated rings. The van der Waals surface area contributed by atoms with Crippen LogP contribution in [0.1, 0.15) is 15.9 Å². The van der Waals surface area contributed by atoms with Crippen LogP contribution in [0.3, 0.4) is 0 Å². The molecule has 4 heteroatoms. The molecule has 1 heterocycles. The maximum absolute atomic E-state index is 13.7. The first-order valence-electron chi connectivity index (χ1n) is 9.17. The van der Waals surface area contributed by atoms with Crippen molar-refractivity contribution >= 4 is 28.4 Å². The van der Waals surface area contributed by atoms with E-state index in [1.165, 1.54) is 0 Å². The lowest BCUT2D eigenvalue weighted by Crippen LogP contribution is -2.09. The zero-order valence-corrected chi connectivity index (χ0v) is 18.0. The Morgan fingerprint density at radius 2 is 1.41 bits per heavy atom. The highest BCUT2D eigenvalue weighted by atomic mass is 127. The lowest BCUT2D eigenvalue weighted by molar-refractivity contribution is 0.103. The fraction of sp³-hybridized carbons (Fsp3) is 0.0400. The zero-order chi connectivity index (χ0) is 20.2. The predicted octanol–water partition coefficient (Wildman–Crippen LogP) is 6.26. The Kier molecular flexibility index (Phi) is 5.71. The predicted molar refractivity (Wildman–Crippen MR) is 124 cm³/mol. The van der Waals surface area contributed by atoms with Crippen molar-refractivity contribution in [1.82, 2.24) is 4.98 Å². The molecule has 0 aliphatic carbocycles. The molecule has 4 aromatic rings. The summed E-state index contributed by atoms with van der Waals surface area (Å²) in [6.07, 6.45) is 1.83. The lowest BCUT2D eigenvalue weighted by Gasteiger charge is -2.16. The smallest absolute Gasteiger partial charge is 0.195 e. The first kappa shape index (κ1) is 19.3. The zero-order valence-electron chi connectivity index (χ0n) is 15.8. The minimum Gasteiger partial charge on any atom is -0.497 e. The van der Waals surface area contributed by atoms with Gasteiger partial charge in [0.2, 0.25) is 0 Å². The minimum absolute atomic E-state index is 0.0589. The summed E-state index contributed by atoms with van der Waals surface area (Å²) >= 11 is 2.25. The molecule has 0 saturated carbocycles. The number of carbonyl (C=O) groups is 1. The highest BCUT2D eigenvalue weighted by Gasteiger charge is 2.23. The first-order chi connectivity index (χ1) is 14.2. The molecule has 3 nitrogen and oxygen atoms in total. The van der Waals surface area contributed by atoms with Gasteiger partial charge in [0, 0.05) is 26.5 Å². The molecule has 0 spiro atoms. The standard InChI is InChI=1S/C25H18INO2/c1-29-20-14-12-19(13-15-20)25(28)23-22(17-8-4-2-5-9-17)21(26)16-27-24(23)18-10-6-3-7-11-18/h2-16H,1H3. The molecule has 0 bridgehead atoms. The highest BCUT2D eigenvalue weighted by molar-refractivity contribution is 14.1. The summed E-state index contributed by atoms with van der Waals surface area (Å²) in [5.41, 5.74) is 4.71. The fourth-order valence-electron chi connectivity index (χ4n) is 3.30. The largest absolute Gasteiger partial charge is 0.497 e. The van der Waals surface area contributed by atoms with Gasteiger partial charge in [-0.25, -0.2) is 0 Å². The Bertz CT molecular complexity index is 1140. The van der Waals surface area contributed by atoms with E-state index in [0.29, 0.717) is 22.6 Å². The number of ketones is 1. The number of carbonyl (C=O) groups excluding carboxylic acids is 1. The van der Waals surface area contributed by atoms with Crippen molar-refractivity contribution in [3.05, 3.63) is 106 Å². The van der Waals surface area contributed by atoms with Crippen molar-refractivity contribution in [3.63, 3.8) is 0 Å². The molecule has 0 unspecified atom stereocenters. The van der Waals surface area contributed by atoms with Gasteiger partial charge in [-0.3, -0.25) is 9.78 Å². The molecule has 4 rings (SSSR count). The van der Waals surface area contributed by atoms with E-state index in [0.717, 1.165) is 20.3 Å². The third-order valence-electron chi connectivity index (χ3n) is 4.72. The number of methoxy groups -OCH3 is 1. The van der Waals surface area contributed by atoms with E-state index in [-0.39, 0.29) is 5.78 Å². The number of rotatable bonds is 5. The van der Waals surface area contributed by atoms with Gasteiger partial charge in [-0.15, -0.1) is 0 Å². The third kappa shape index (κ3) is 3.93. The van der Waals surface area contributed by atoms with Crippen LogP contribution >= 0.6 is 22.6 Å². The van der Waals surface area contributed by atoms with E-state index in [1.807, 2.05) is 66.9 Å². The molecule has 29 heavy (non-hydrogen) atoms. The second-order valence-electron chi connectivity index (χ2n) is 6.49. The van der Waals surface area contributed by atoms with Crippen LogP contribution in [0.4, 0.5) is 0 Å². The van der Waals surface area contributed by atoms with Crippen molar-refractivity contribution < 1.29 is 9.53 Å². The Labute approximate surface area is 183 Å². The van der Waals surface area contributed by atoms with E-state index in [4.69, 9.17) is 4.74 Å². The average molecular weight is 491 g/mol. The first-order valence-corrected chi connectivity index (χ1v) is 10.2. The van der Waals surface area contributed by atoms with E-state index < -0.39 is 0 Å². The maximum Gasteiger partial charge on any atom is 0.195 e. The number of nitrogens with zero attached hydrogens (tertiary/aromatic N) is 1. The van der Waals surface area contributed by atoms with E-state index >= 15 is 0 Å². The monoisotopic (exact) mass is 491 g/mol. The summed E-state index contributed by atoms with van der Waals surface area (Å²) in [6, 6.07) is 27.0. The van der Waals surface area contributed by atoms with Crippen molar-refractivity contribution in [3.8, 4) is 28.1 Å². The second kappa shape index (κ2) is 8.57. The van der Waals surface area contributed by atoms with Crippen LogP contribution in [0.25, 0.3) is 22.4 Å². The SMILES string of the molecule is COc1ccc(C(=O)c2c(-c3ccccc3)ncc(I)c2-c2ccccc2)cc1. The molecule has 0 N–H and O–H groups in total. The van der Waals surface area contributed by atoms with Gasteiger partial charge in [0.15, 0.2) is 5.78 Å². The molecule has 0 atom stereocenters. The summed E-state index contributed by atoms with van der Waals surface area (Å²) in [4.78, 5) is 18.4. The van der Waals surface area contributed by atoms with Crippen molar-refractivity contribution in [2.45, 2.75) is 0 Å². The lowest BCUT2D eigenvalue weighted by atomic mass is 9.91. The van der Waals surface area contributed by atoms with Gasteiger partial charge in [-0.05, 0) is 52.4 Å². The molecule has 142 valence electrons. The molecule has 1 aromatic heterocycles. The Hall–Kier alpha value is -2.99. The van der Waals surface area contributed by atoms with Crippen LogP contribution in [0.15, 0.2) is 91.1 Å². The topological polar surface area (TPSA) is 39.2 Å². The van der Waals surface area contributed by atoms with Crippen molar-refractivity contribution in [2.24, 2.45) is 0 Å². The Morgan fingerprint density at radius 1 is 0.828 bits per heavy atom. The normalized spacial score (nSPS) is 10.6. The summed E-state index contributed by atoms with van der Waals surface area (Å²) in [6.45, 7) is 0. The molecule has 0 aliphatic rings. The summed E-state index contributed by atoms with van der Waals surface area (Å²) < 4.78 is 6.17. The number of aromatic nitrogens is 1. The number of hydrogen-bond donors (Lipinski definition) is 0. The van der Waals surface area contributed by atoms with E-state index in [1.54, 1.807) is 31.4 Å². The molecular weight excluding hydrogens is 473 g/mol. The van der Waals surface area contributed by atoms with Gasteiger partial charge < -0.3 is 4.74 Å². The minimum atomic E-state index is -0.0589. The quantitative estimate of drug-likeness (QED) is 0.245. The summed E-state index contributed by atoms with van der Waals surface area (Å²) in [5.74, 6) is 0.658. The van der Waals surface area contributed by atoms with Crippen LogP contribution in [0.5, 0.6) is 5.75 Å². The van der Waals surface area contributed by atoms with Gasteiger partial charge in [-0.1, -0.05) is 60.7 Å². The van der Waals surface area contributed by atoms with Crippen LogP contribution in [-0.4, -0.2) is 17.9 Å². The molecule has 0 saturated heterocycles. The third-order valence-corrected chi connectivity index (χ3v) is 5.54. The summed E-state index contributed by atoms with van der Waals surface area (Å²) in [5, 5.41) is 0. The number of halogens is 1.